The summed E-state index contributed by atoms with van der Waals surface area (Å²) in [4.78, 5) is 4.64. The molecule has 0 aromatic carbocycles. The van der Waals surface area contributed by atoms with Crippen LogP contribution in [0.25, 0.3) is 5.65 Å². The monoisotopic (exact) mass is 266 g/mol. The van der Waals surface area contributed by atoms with Crippen molar-refractivity contribution in [2.45, 2.75) is 19.3 Å². The highest BCUT2D eigenvalue weighted by atomic mass is 35.5. The fourth-order valence-electron chi connectivity index (χ4n) is 2.37. The molecule has 0 radical (unpaired) electrons. The molecule has 1 unspecified atom stereocenters. The van der Waals surface area contributed by atoms with E-state index in [9.17, 15) is 0 Å². The van der Waals surface area contributed by atoms with Crippen LogP contribution in [0.2, 0.25) is 5.02 Å². The lowest BCUT2D eigenvalue weighted by molar-refractivity contribution is 0.516. The summed E-state index contributed by atoms with van der Waals surface area (Å²) in [6.07, 6.45) is 7.91. The van der Waals surface area contributed by atoms with Gasteiger partial charge in [0.2, 0.25) is 0 Å². The van der Waals surface area contributed by atoms with Crippen LogP contribution < -0.4 is 0 Å². The van der Waals surface area contributed by atoms with Crippen LogP contribution in [0.4, 0.5) is 0 Å². The van der Waals surface area contributed by atoms with Crippen LogP contribution in [0, 0.1) is 5.92 Å². The van der Waals surface area contributed by atoms with Crippen LogP contribution >= 0.6 is 23.4 Å². The van der Waals surface area contributed by atoms with Crippen molar-refractivity contribution in [3.8, 4) is 0 Å². The molecule has 2 aromatic rings. The zero-order chi connectivity index (χ0) is 11.7. The van der Waals surface area contributed by atoms with Gasteiger partial charge in [0.15, 0.2) is 0 Å². The van der Waals surface area contributed by atoms with E-state index in [4.69, 9.17) is 11.6 Å². The summed E-state index contributed by atoms with van der Waals surface area (Å²) in [5.41, 5.74) is 2.15. The number of imidazole rings is 1. The predicted molar refractivity (Wildman–Crippen MR) is 74.0 cm³/mol. The Balaban J connectivity index is 1.80. The van der Waals surface area contributed by atoms with Crippen molar-refractivity contribution in [3.05, 3.63) is 35.2 Å². The van der Waals surface area contributed by atoms with E-state index in [1.807, 2.05) is 18.3 Å². The Bertz CT molecular complexity index is 517. The van der Waals surface area contributed by atoms with Crippen LogP contribution in [0.3, 0.4) is 0 Å². The normalized spacial score (nSPS) is 20.9. The van der Waals surface area contributed by atoms with Crippen molar-refractivity contribution in [2.24, 2.45) is 5.92 Å². The molecular weight excluding hydrogens is 252 g/mol. The molecule has 4 heteroatoms. The maximum absolute atomic E-state index is 5.96. The van der Waals surface area contributed by atoms with Gasteiger partial charge in [-0.2, -0.15) is 11.8 Å². The molecule has 3 heterocycles. The number of hydrogen-bond donors (Lipinski definition) is 0. The maximum atomic E-state index is 5.96. The molecule has 2 nitrogen and oxygen atoms in total. The summed E-state index contributed by atoms with van der Waals surface area (Å²) in [6.45, 7) is 0. The lowest BCUT2D eigenvalue weighted by Gasteiger charge is -2.19. The Morgan fingerprint density at radius 2 is 2.47 bits per heavy atom. The van der Waals surface area contributed by atoms with E-state index in [2.05, 4.69) is 27.3 Å². The number of rotatable bonds is 2. The summed E-state index contributed by atoms with van der Waals surface area (Å²) in [5.74, 6) is 3.42. The topological polar surface area (TPSA) is 17.3 Å². The Morgan fingerprint density at radius 1 is 1.53 bits per heavy atom. The van der Waals surface area contributed by atoms with Gasteiger partial charge in [-0.25, -0.2) is 4.98 Å². The summed E-state index contributed by atoms with van der Waals surface area (Å²) >= 11 is 8.04. The highest BCUT2D eigenvalue weighted by Gasteiger charge is 2.15. The number of fused-ring (bicyclic) bond motifs is 1. The van der Waals surface area contributed by atoms with E-state index in [-0.39, 0.29) is 0 Å². The maximum Gasteiger partial charge on any atom is 0.138 e. The van der Waals surface area contributed by atoms with Gasteiger partial charge in [0.05, 0.1) is 5.69 Å². The van der Waals surface area contributed by atoms with E-state index >= 15 is 0 Å². The molecule has 0 spiro atoms. The largest absolute Gasteiger partial charge is 0.307 e. The average molecular weight is 267 g/mol. The molecule has 0 N–H and O–H groups in total. The van der Waals surface area contributed by atoms with Gasteiger partial charge in [-0.15, -0.1) is 0 Å². The smallest absolute Gasteiger partial charge is 0.138 e. The Hall–Kier alpha value is -0.670. The lowest BCUT2D eigenvalue weighted by Crippen LogP contribution is -2.13. The molecule has 3 rings (SSSR count). The Morgan fingerprint density at radius 3 is 3.29 bits per heavy atom. The summed E-state index contributed by atoms with van der Waals surface area (Å²) in [6, 6.07) is 3.82. The van der Waals surface area contributed by atoms with Crippen LogP contribution in [-0.2, 0) is 6.42 Å². The van der Waals surface area contributed by atoms with Crippen molar-refractivity contribution in [3.63, 3.8) is 0 Å². The highest BCUT2D eigenvalue weighted by Crippen LogP contribution is 2.25. The van der Waals surface area contributed by atoms with Crippen molar-refractivity contribution in [2.75, 3.05) is 11.5 Å². The number of pyridine rings is 1. The van der Waals surface area contributed by atoms with Gasteiger partial charge in [-0.1, -0.05) is 11.6 Å². The summed E-state index contributed by atoms with van der Waals surface area (Å²) in [5, 5.41) is 0.753. The SMILES string of the molecule is Clc1ccn2cc(CC3CCCSC3)nc2c1. The van der Waals surface area contributed by atoms with E-state index in [1.54, 1.807) is 0 Å². The predicted octanol–water partition coefficient (Wildman–Crippen LogP) is 3.67. The molecule has 0 bridgehead atoms. The van der Waals surface area contributed by atoms with Gasteiger partial charge >= 0.3 is 0 Å². The first-order valence-corrected chi connectivity index (χ1v) is 7.55. The fraction of sp³-hybridized carbons (Fsp3) is 0.462. The van der Waals surface area contributed by atoms with Crippen LogP contribution in [0.15, 0.2) is 24.5 Å². The van der Waals surface area contributed by atoms with Crippen LogP contribution in [0.1, 0.15) is 18.5 Å². The van der Waals surface area contributed by atoms with Crippen molar-refractivity contribution in [1.82, 2.24) is 9.38 Å². The molecular formula is C13H15ClN2S. The Kier molecular flexibility index (Phi) is 3.30. The van der Waals surface area contributed by atoms with Gasteiger partial charge in [0.1, 0.15) is 5.65 Å². The van der Waals surface area contributed by atoms with E-state index in [1.165, 1.54) is 30.0 Å². The number of halogens is 1. The molecule has 90 valence electrons. The first-order valence-electron chi connectivity index (χ1n) is 6.02. The van der Waals surface area contributed by atoms with E-state index < -0.39 is 0 Å². The third-order valence-electron chi connectivity index (χ3n) is 3.22. The van der Waals surface area contributed by atoms with Crippen LogP contribution in [0.5, 0.6) is 0 Å². The zero-order valence-electron chi connectivity index (χ0n) is 9.60. The second-order valence-electron chi connectivity index (χ2n) is 4.63. The Labute approximate surface area is 110 Å². The van der Waals surface area contributed by atoms with Gasteiger partial charge in [0, 0.05) is 17.4 Å². The first kappa shape index (κ1) is 11.4. The summed E-state index contributed by atoms with van der Waals surface area (Å²) < 4.78 is 2.05. The molecule has 0 saturated carbocycles. The first-order chi connectivity index (χ1) is 8.31. The third-order valence-corrected chi connectivity index (χ3v) is 4.74. The molecule has 2 aromatic heterocycles. The molecule has 1 aliphatic rings. The quantitative estimate of drug-likeness (QED) is 0.825. The minimum atomic E-state index is 0.753. The molecule has 0 aliphatic carbocycles. The van der Waals surface area contributed by atoms with Crippen molar-refractivity contribution in [1.29, 1.82) is 0 Å². The molecule has 1 saturated heterocycles. The molecule has 1 aliphatic heterocycles. The molecule has 0 amide bonds. The molecule has 17 heavy (non-hydrogen) atoms. The fourth-order valence-corrected chi connectivity index (χ4v) is 3.68. The second-order valence-corrected chi connectivity index (χ2v) is 6.22. The number of aromatic nitrogens is 2. The number of thioether (sulfide) groups is 1. The minimum Gasteiger partial charge on any atom is -0.307 e. The average Bonchev–Trinajstić information content (AvgIpc) is 2.71. The lowest BCUT2D eigenvalue weighted by atomic mass is 10.00. The van der Waals surface area contributed by atoms with Gasteiger partial charge in [-0.3, -0.25) is 0 Å². The second kappa shape index (κ2) is 4.91. The number of hydrogen-bond acceptors (Lipinski definition) is 2. The zero-order valence-corrected chi connectivity index (χ0v) is 11.2. The molecule has 1 fully saturated rings. The minimum absolute atomic E-state index is 0.753. The summed E-state index contributed by atoms with van der Waals surface area (Å²) in [7, 11) is 0. The van der Waals surface area contributed by atoms with Crippen molar-refractivity contribution < 1.29 is 0 Å². The van der Waals surface area contributed by atoms with Gasteiger partial charge < -0.3 is 4.40 Å². The van der Waals surface area contributed by atoms with Gasteiger partial charge in [-0.05, 0) is 48.8 Å². The van der Waals surface area contributed by atoms with Gasteiger partial charge in [0.25, 0.3) is 0 Å². The van der Waals surface area contributed by atoms with Crippen molar-refractivity contribution >= 4 is 29.0 Å². The third kappa shape index (κ3) is 2.61. The van der Waals surface area contributed by atoms with E-state index in [0.717, 1.165) is 23.0 Å². The highest BCUT2D eigenvalue weighted by molar-refractivity contribution is 7.99. The molecule has 1 atom stereocenters. The standard InChI is InChI=1S/C13H15ClN2S/c14-11-3-4-16-8-12(15-13(16)7-11)6-10-2-1-5-17-9-10/h3-4,7-8,10H,1-2,5-6,9H2. The van der Waals surface area contributed by atoms with E-state index in [0.29, 0.717) is 0 Å². The number of nitrogens with zero attached hydrogens (tertiary/aromatic N) is 2. The van der Waals surface area contributed by atoms with Crippen LogP contribution in [-0.4, -0.2) is 20.9 Å².